The Morgan fingerprint density at radius 3 is 2.68 bits per heavy atom. The molecule has 2 heterocycles. The number of hydrogen-bond acceptors (Lipinski definition) is 4. The zero-order valence-electron chi connectivity index (χ0n) is 10.4. The number of sulfone groups is 1. The number of rotatable bonds is 2. The van der Waals surface area contributed by atoms with Crippen molar-refractivity contribution in [3.05, 3.63) is 17.0 Å². The fraction of sp³-hybridized carbons (Fsp3) is 0.667. The molecule has 0 radical (unpaired) electrons. The van der Waals surface area contributed by atoms with E-state index in [0.717, 1.165) is 36.9 Å². The number of halogens is 1. The summed E-state index contributed by atoms with van der Waals surface area (Å²) in [6.45, 7) is 0. The molecule has 1 saturated heterocycles. The molecule has 0 amide bonds. The first kappa shape index (κ1) is 13.1. The topological polar surface area (TPSA) is 69.0 Å². The van der Waals surface area contributed by atoms with E-state index in [9.17, 15) is 13.2 Å². The molecule has 1 aliphatic heterocycles. The second-order valence-electron chi connectivity index (χ2n) is 5.26. The molecule has 1 atom stereocenters. The van der Waals surface area contributed by atoms with E-state index in [1.165, 1.54) is 0 Å². The Balaban J connectivity index is 2.05. The minimum absolute atomic E-state index is 0.122. The zero-order valence-corrected chi connectivity index (χ0v) is 12.0. The molecular formula is C12H15ClN2O3S. The Bertz CT molecular complexity index is 636. The van der Waals surface area contributed by atoms with Gasteiger partial charge in [0.15, 0.2) is 9.84 Å². The fourth-order valence-electron chi connectivity index (χ4n) is 3.05. The lowest BCUT2D eigenvalue weighted by atomic mass is 9.95. The van der Waals surface area contributed by atoms with Crippen LogP contribution in [0.25, 0.3) is 0 Å². The van der Waals surface area contributed by atoms with Gasteiger partial charge < -0.3 is 0 Å². The van der Waals surface area contributed by atoms with Crippen LogP contribution in [0, 0.1) is 0 Å². The van der Waals surface area contributed by atoms with Crippen molar-refractivity contribution < 1.29 is 13.2 Å². The molecule has 0 unspecified atom stereocenters. The van der Waals surface area contributed by atoms with Crippen molar-refractivity contribution in [2.24, 2.45) is 0 Å². The predicted molar refractivity (Wildman–Crippen MR) is 71.4 cm³/mol. The molecule has 0 aromatic carbocycles. The molecule has 0 bridgehead atoms. The van der Waals surface area contributed by atoms with E-state index in [4.69, 9.17) is 11.6 Å². The maximum Gasteiger partial charge on any atom is 0.273 e. The van der Waals surface area contributed by atoms with Gasteiger partial charge in [0, 0.05) is 11.3 Å². The Morgan fingerprint density at radius 1 is 1.32 bits per heavy atom. The summed E-state index contributed by atoms with van der Waals surface area (Å²) in [4.78, 5) is 11.4. The van der Waals surface area contributed by atoms with Crippen LogP contribution in [0.3, 0.4) is 0 Å². The van der Waals surface area contributed by atoms with E-state index in [1.54, 1.807) is 4.68 Å². The fourth-order valence-corrected chi connectivity index (χ4v) is 4.90. The van der Waals surface area contributed by atoms with Crippen LogP contribution in [0.15, 0.2) is 0 Å². The molecule has 0 N–H and O–H groups in total. The molecule has 104 valence electrons. The van der Waals surface area contributed by atoms with Crippen molar-refractivity contribution in [2.75, 3.05) is 11.5 Å². The van der Waals surface area contributed by atoms with Gasteiger partial charge >= 0.3 is 0 Å². The highest BCUT2D eigenvalue weighted by Gasteiger charge is 2.34. The van der Waals surface area contributed by atoms with E-state index < -0.39 is 15.1 Å². The van der Waals surface area contributed by atoms with Crippen molar-refractivity contribution in [2.45, 2.75) is 38.1 Å². The largest absolute Gasteiger partial charge is 0.274 e. The summed E-state index contributed by atoms with van der Waals surface area (Å²) < 4.78 is 24.9. The van der Waals surface area contributed by atoms with Gasteiger partial charge in [0.05, 0.1) is 17.5 Å². The van der Waals surface area contributed by atoms with Crippen molar-refractivity contribution in [1.82, 2.24) is 9.78 Å². The van der Waals surface area contributed by atoms with Gasteiger partial charge in [0.1, 0.15) is 5.69 Å². The number of fused-ring (bicyclic) bond motifs is 1. The quantitative estimate of drug-likeness (QED) is 0.776. The van der Waals surface area contributed by atoms with Crippen LogP contribution < -0.4 is 0 Å². The molecule has 1 fully saturated rings. The van der Waals surface area contributed by atoms with Crippen LogP contribution in [0.1, 0.15) is 47.1 Å². The molecular weight excluding hydrogens is 288 g/mol. The molecule has 5 nitrogen and oxygen atoms in total. The lowest BCUT2D eigenvalue weighted by Crippen LogP contribution is -2.17. The van der Waals surface area contributed by atoms with Crippen LogP contribution in [0.4, 0.5) is 0 Å². The van der Waals surface area contributed by atoms with Crippen LogP contribution in [0.5, 0.6) is 0 Å². The smallest absolute Gasteiger partial charge is 0.273 e. The van der Waals surface area contributed by atoms with E-state index in [1.807, 2.05) is 0 Å². The van der Waals surface area contributed by atoms with E-state index in [-0.39, 0.29) is 17.5 Å². The van der Waals surface area contributed by atoms with Gasteiger partial charge in [0.25, 0.3) is 5.24 Å². The van der Waals surface area contributed by atoms with Gasteiger partial charge in [-0.3, -0.25) is 9.48 Å². The highest BCUT2D eigenvalue weighted by atomic mass is 35.5. The first-order valence-corrected chi connectivity index (χ1v) is 8.68. The average molecular weight is 303 g/mol. The Morgan fingerprint density at radius 2 is 2.05 bits per heavy atom. The third-order valence-corrected chi connectivity index (χ3v) is 5.88. The van der Waals surface area contributed by atoms with Crippen molar-refractivity contribution >= 4 is 26.7 Å². The molecule has 19 heavy (non-hydrogen) atoms. The Labute approximate surface area is 116 Å². The Hall–Kier alpha value is -0.880. The summed E-state index contributed by atoms with van der Waals surface area (Å²) in [5, 5.41) is 3.77. The maximum absolute atomic E-state index is 11.6. The van der Waals surface area contributed by atoms with E-state index in [2.05, 4.69) is 5.10 Å². The summed E-state index contributed by atoms with van der Waals surface area (Å²) in [6, 6.07) is -0.137. The number of carbonyl (C=O) groups excluding carboxylic acids is 1. The summed E-state index contributed by atoms with van der Waals surface area (Å²) in [5.74, 6) is 0.327. The number of hydrogen-bond donors (Lipinski definition) is 0. The summed E-state index contributed by atoms with van der Waals surface area (Å²) >= 11 is 5.58. The predicted octanol–water partition coefficient (Wildman–Crippen LogP) is 1.50. The maximum atomic E-state index is 11.6. The average Bonchev–Trinajstić information content (AvgIpc) is 2.89. The molecule has 1 aromatic rings. The van der Waals surface area contributed by atoms with Gasteiger partial charge in [-0.2, -0.15) is 5.10 Å². The highest BCUT2D eigenvalue weighted by Crippen LogP contribution is 2.31. The molecule has 7 heteroatoms. The summed E-state index contributed by atoms with van der Waals surface area (Å²) in [6.07, 6.45) is 4.31. The van der Waals surface area contributed by atoms with Crippen LogP contribution in [-0.4, -0.2) is 34.9 Å². The molecule has 2 aliphatic rings. The molecule has 1 aliphatic carbocycles. The van der Waals surface area contributed by atoms with E-state index in [0.29, 0.717) is 12.1 Å². The molecule has 3 rings (SSSR count). The monoisotopic (exact) mass is 302 g/mol. The molecule has 0 saturated carbocycles. The molecule has 0 spiro atoms. The lowest BCUT2D eigenvalue weighted by molar-refractivity contribution is 0.107. The van der Waals surface area contributed by atoms with Gasteiger partial charge in [-0.15, -0.1) is 0 Å². The Kier molecular flexibility index (Phi) is 3.17. The van der Waals surface area contributed by atoms with Gasteiger partial charge in [0.2, 0.25) is 0 Å². The minimum atomic E-state index is -2.96. The van der Waals surface area contributed by atoms with Crippen molar-refractivity contribution in [3.63, 3.8) is 0 Å². The van der Waals surface area contributed by atoms with Crippen LogP contribution in [0.2, 0.25) is 0 Å². The second-order valence-corrected chi connectivity index (χ2v) is 7.83. The SMILES string of the molecule is O=C(Cl)c1nn([C@@H]2CCS(=O)(=O)C2)c2c1CCCC2. The number of nitrogens with zero attached hydrogens (tertiary/aromatic N) is 2. The third-order valence-electron chi connectivity index (χ3n) is 3.95. The van der Waals surface area contributed by atoms with Gasteiger partial charge in [-0.25, -0.2) is 8.42 Å². The molecule has 1 aromatic heterocycles. The standard InChI is InChI=1S/C12H15ClN2O3S/c13-12(16)11-9-3-1-2-4-10(9)15(14-11)8-5-6-19(17,18)7-8/h8H,1-7H2/t8-/m1/s1. The van der Waals surface area contributed by atoms with Crippen molar-refractivity contribution in [3.8, 4) is 0 Å². The van der Waals surface area contributed by atoms with Gasteiger partial charge in [-0.1, -0.05) is 0 Å². The van der Waals surface area contributed by atoms with Crippen LogP contribution >= 0.6 is 11.6 Å². The van der Waals surface area contributed by atoms with Crippen molar-refractivity contribution in [1.29, 1.82) is 0 Å². The second kappa shape index (κ2) is 4.59. The highest BCUT2D eigenvalue weighted by molar-refractivity contribution is 7.91. The van der Waals surface area contributed by atoms with Gasteiger partial charge in [-0.05, 0) is 43.7 Å². The van der Waals surface area contributed by atoms with E-state index >= 15 is 0 Å². The third kappa shape index (κ3) is 2.31. The first-order chi connectivity index (χ1) is 8.98. The zero-order chi connectivity index (χ0) is 13.6. The first-order valence-electron chi connectivity index (χ1n) is 6.48. The minimum Gasteiger partial charge on any atom is -0.274 e. The normalized spacial score (nSPS) is 25.2. The lowest BCUT2D eigenvalue weighted by Gasteiger charge is -2.17. The number of carbonyl (C=O) groups is 1. The number of aromatic nitrogens is 2. The summed E-state index contributed by atoms with van der Waals surface area (Å²) in [5.41, 5.74) is 2.26. The van der Waals surface area contributed by atoms with Crippen LogP contribution in [-0.2, 0) is 22.7 Å². The summed E-state index contributed by atoms with van der Waals surface area (Å²) in [7, 11) is -2.96.